The number of hydrogen-bond donors (Lipinski definition) is 3. The summed E-state index contributed by atoms with van der Waals surface area (Å²) in [6.07, 6.45) is 5.22. The number of nitrogens with one attached hydrogen (secondary N) is 2. The smallest absolute Gasteiger partial charge is 0.240 e. The summed E-state index contributed by atoms with van der Waals surface area (Å²) < 4.78 is 26.9. The molecule has 0 aliphatic rings. The molecule has 0 spiro atoms. The molecular weight excluding hydrogens is 374 g/mol. The minimum absolute atomic E-state index is 0.205. The number of pyridine rings is 2. The number of rotatable bonds is 6. The van der Waals surface area contributed by atoms with Gasteiger partial charge >= 0.3 is 0 Å². The van der Waals surface area contributed by atoms with Crippen molar-refractivity contribution in [2.45, 2.75) is 4.90 Å². The van der Waals surface area contributed by atoms with Crippen LogP contribution in [0.4, 0.5) is 0 Å². The van der Waals surface area contributed by atoms with E-state index in [2.05, 4.69) is 19.7 Å². The summed E-state index contributed by atoms with van der Waals surface area (Å²) in [6, 6.07) is 14.6. The molecule has 142 valence electrons. The Morgan fingerprint density at radius 3 is 2.43 bits per heavy atom. The van der Waals surface area contributed by atoms with E-state index in [4.69, 9.17) is 5.73 Å². The van der Waals surface area contributed by atoms with Gasteiger partial charge in [0.15, 0.2) is 0 Å². The maximum absolute atomic E-state index is 12.2. The molecular formula is C20H19N5O2S. The van der Waals surface area contributed by atoms with Crippen LogP contribution >= 0.6 is 0 Å². The molecule has 28 heavy (non-hydrogen) atoms. The lowest BCUT2D eigenvalue weighted by Crippen LogP contribution is -2.29. The highest BCUT2D eigenvalue weighted by Crippen LogP contribution is 2.31. The fourth-order valence-electron chi connectivity index (χ4n) is 3.06. The molecule has 0 saturated heterocycles. The molecule has 4 aromatic rings. The van der Waals surface area contributed by atoms with E-state index in [9.17, 15) is 8.42 Å². The third-order valence-electron chi connectivity index (χ3n) is 4.44. The second-order valence-electron chi connectivity index (χ2n) is 6.25. The van der Waals surface area contributed by atoms with Crippen LogP contribution in [-0.4, -0.2) is 36.5 Å². The lowest BCUT2D eigenvalue weighted by atomic mass is 10.0. The first-order valence-corrected chi connectivity index (χ1v) is 10.2. The maximum Gasteiger partial charge on any atom is 0.240 e. The number of hydrogen-bond acceptors (Lipinski definition) is 5. The normalized spacial score (nSPS) is 11.8. The van der Waals surface area contributed by atoms with Gasteiger partial charge in [0.05, 0.1) is 4.90 Å². The number of aromatic amines is 1. The van der Waals surface area contributed by atoms with Crippen molar-refractivity contribution in [2.24, 2.45) is 5.73 Å². The third-order valence-corrected chi connectivity index (χ3v) is 5.91. The Balaban J connectivity index is 1.72. The largest absolute Gasteiger partial charge is 0.339 e. The van der Waals surface area contributed by atoms with E-state index in [0.717, 1.165) is 33.4 Å². The van der Waals surface area contributed by atoms with Crippen LogP contribution in [0.2, 0.25) is 0 Å². The monoisotopic (exact) mass is 393 g/mol. The SMILES string of the molecule is NCCNS(=O)(=O)c1ccc(-c2ccnc3[nH]c(-c4ccncc4)cc23)cc1. The number of fused-ring (bicyclic) bond motifs is 1. The van der Waals surface area contributed by atoms with Crippen LogP contribution in [-0.2, 0) is 10.0 Å². The van der Waals surface area contributed by atoms with Gasteiger partial charge in [0.1, 0.15) is 5.65 Å². The van der Waals surface area contributed by atoms with Gasteiger partial charge in [0.25, 0.3) is 0 Å². The van der Waals surface area contributed by atoms with Crippen molar-refractivity contribution < 1.29 is 8.42 Å². The minimum Gasteiger partial charge on any atom is -0.339 e. The molecule has 0 unspecified atom stereocenters. The van der Waals surface area contributed by atoms with E-state index in [0.29, 0.717) is 0 Å². The lowest BCUT2D eigenvalue weighted by molar-refractivity contribution is 0.582. The number of nitrogens with two attached hydrogens (primary N) is 1. The molecule has 0 aliphatic carbocycles. The highest BCUT2D eigenvalue weighted by molar-refractivity contribution is 7.89. The van der Waals surface area contributed by atoms with Crippen molar-refractivity contribution in [1.29, 1.82) is 0 Å². The topological polar surface area (TPSA) is 114 Å². The van der Waals surface area contributed by atoms with Gasteiger partial charge in [-0.25, -0.2) is 18.1 Å². The van der Waals surface area contributed by atoms with Crippen molar-refractivity contribution in [3.05, 3.63) is 67.1 Å². The van der Waals surface area contributed by atoms with Gasteiger partial charge in [-0.05, 0) is 47.5 Å². The number of sulfonamides is 1. The summed E-state index contributed by atoms with van der Waals surface area (Å²) in [5.74, 6) is 0. The number of nitrogens with zero attached hydrogens (tertiary/aromatic N) is 2. The van der Waals surface area contributed by atoms with Crippen molar-refractivity contribution in [1.82, 2.24) is 19.7 Å². The Labute approximate surface area is 162 Å². The summed E-state index contributed by atoms with van der Waals surface area (Å²) in [7, 11) is -3.55. The third kappa shape index (κ3) is 3.53. The highest BCUT2D eigenvalue weighted by atomic mass is 32.2. The molecule has 0 bridgehead atoms. The predicted molar refractivity (Wildman–Crippen MR) is 109 cm³/mol. The Hall–Kier alpha value is -3.07. The fraction of sp³-hybridized carbons (Fsp3) is 0.100. The quantitative estimate of drug-likeness (QED) is 0.466. The highest BCUT2D eigenvalue weighted by Gasteiger charge is 2.14. The summed E-state index contributed by atoms with van der Waals surface area (Å²) in [5, 5.41) is 0.964. The molecule has 0 saturated carbocycles. The van der Waals surface area contributed by atoms with E-state index in [1.165, 1.54) is 0 Å². The average Bonchev–Trinajstić information content (AvgIpc) is 3.17. The van der Waals surface area contributed by atoms with Crippen LogP contribution in [0.3, 0.4) is 0 Å². The Morgan fingerprint density at radius 2 is 1.71 bits per heavy atom. The molecule has 3 heterocycles. The molecule has 4 N–H and O–H groups in total. The molecule has 0 radical (unpaired) electrons. The van der Waals surface area contributed by atoms with Crippen LogP contribution < -0.4 is 10.5 Å². The van der Waals surface area contributed by atoms with Gasteiger partial charge in [0, 0.05) is 48.3 Å². The van der Waals surface area contributed by atoms with E-state index in [1.54, 1.807) is 42.9 Å². The Morgan fingerprint density at radius 1 is 0.964 bits per heavy atom. The van der Waals surface area contributed by atoms with Crippen LogP contribution in [0.15, 0.2) is 72.0 Å². The number of H-pyrrole nitrogens is 1. The molecule has 1 aromatic carbocycles. The fourth-order valence-corrected chi connectivity index (χ4v) is 4.10. The van der Waals surface area contributed by atoms with Crippen molar-refractivity contribution in [2.75, 3.05) is 13.1 Å². The molecule has 0 aliphatic heterocycles. The maximum atomic E-state index is 12.2. The molecule has 0 atom stereocenters. The first-order chi connectivity index (χ1) is 13.6. The zero-order chi connectivity index (χ0) is 19.6. The van der Waals surface area contributed by atoms with E-state index < -0.39 is 10.0 Å². The molecule has 0 fully saturated rings. The van der Waals surface area contributed by atoms with Crippen LogP contribution in [0.1, 0.15) is 0 Å². The van der Waals surface area contributed by atoms with Gasteiger partial charge in [-0.15, -0.1) is 0 Å². The molecule has 0 amide bonds. The summed E-state index contributed by atoms with van der Waals surface area (Å²) in [6.45, 7) is 0.454. The first-order valence-electron chi connectivity index (χ1n) is 8.77. The van der Waals surface area contributed by atoms with Crippen LogP contribution in [0.25, 0.3) is 33.4 Å². The minimum atomic E-state index is -3.55. The van der Waals surface area contributed by atoms with Gasteiger partial charge < -0.3 is 10.7 Å². The Bertz CT molecular complexity index is 1200. The molecule has 7 nitrogen and oxygen atoms in total. The zero-order valence-electron chi connectivity index (χ0n) is 15.0. The average molecular weight is 393 g/mol. The molecule has 3 aromatic heterocycles. The molecule has 4 rings (SSSR count). The summed E-state index contributed by atoms with van der Waals surface area (Å²) in [5.41, 5.74) is 9.99. The van der Waals surface area contributed by atoms with Crippen molar-refractivity contribution in [3.8, 4) is 22.4 Å². The first kappa shape index (κ1) is 18.3. The summed E-state index contributed by atoms with van der Waals surface area (Å²) >= 11 is 0. The van der Waals surface area contributed by atoms with Gasteiger partial charge in [0.2, 0.25) is 10.0 Å². The molecule has 8 heteroatoms. The van der Waals surface area contributed by atoms with Gasteiger partial charge in [-0.2, -0.15) is 0 Å². The van der Waals surface area contributed by atoms with E-state index in [1.807, 2.05) is 24.3 Å². The van der Waals surface area contributed by atoms with E-state index >= 15 is 0 Å². The number of aromatic nitrogens is 3. The predicted octanol–water partition coefficient (Wildman–Crippen LogP) is 2.53. The summed E-state index contributed by atoms with van der Waals surface area (Å²) in [4.78, 5) is 12.0. The second-order valence-corrected chi connectivity index (χ2v) is 8.02. The zero-order valence-corrected chi connectivity index (χ0v) is 15.8. The van der Waals surface area contributed by atoms with E-state index in [-0.39, 0.29) is 18.0 Å². The van der Waals surface area contributed by atoms with Crippen molar-refractivity contribution in [3.63, 3.8) is 0 Å². The van der Waals surface area contributed by atoms with Crippen LogP contribution in [0, 0.1) is 0 Å². The van der Waals surface area contributed by atoms with Crippen LogP contribution in [0.5, 0.6) is 0 Å². The Kier molecular flexibility index (Phi) is 4.91. The lowest BCUT2D eigenvalue weighted by Gasteiger charge is -2.07. The van der Waals surface area contributed by atoms with Gasteiger partial charge in [-0.1, -0.05) is 12.1 Å². The standard InChI is InChI=1S/C20H19N5O2S/c21-8-12-24-28(26,27)16-3-1-14(2-4-16)17-7-11-23-20-18(17)13-19(25-20)15-5-9-22-10-6-15/h1-7,9-11,13,24H,8,12,21H2,(H,23,25). The van der Waals surface area contributed by atoms with Gasteiger partial charge in [-0.3, -0.25) is 4.98 Å². The second kappa shape index (κ2) is 7.51. The number of benzene rings is 1. The van der Waals surface area contributed by atoms with Crippen molar-refractivity contribution >= 4 is 21.1 Å².